The molecule has 7 nitrogen and oxygen atoms in total. The molecule has 1 aromatic carbocycles. The third kappa shape index (κ3) is 1.86. The number of H-pyrrole nitrogens is 1. The van der Waals surface area contributed by atoms with Gasteiger partial charge < -0.3 is 14.6 Å². The normalized spacial score (nSPS) is 12.8. The summed E-state index contributed by atoms with van der Waals surface area (Å²) >= 11 is 0. The van der Waals surface area contributed by atoms with Crippen LogP contribution in [-0.4, -0.2) is 16.5 Å². The van der Waals surface area contributed by atoms with E-state index in [2.05, 4.69) is 4.98 Å². The molecule has 0 saturated carbocycles. The summed E-state index contributed by atoms with van der Waals surface area (Å²) in [5.41, 5.74) is 1.87. The number of aromatic hydroxyl groups is 1. The highest BCUT2D eigenvalue weighted by Gasteiger charge is 2.27. The van der Waals surface area contributed by atoms with Crippen molar-refractivity contribution in [3.63, 3.8) is 0 Å². The Balaban J connectivity index is 2.07. The third-order valence-corrected chi connectivity index (χ3v) is 4.11. The van der Waals surface area contributed by atoms with E-state index in [0.29, 0.717) is 22.5 Å². The quantitative estimate of drug-likeness (QED) is 0.655. The highest BCUT2D eigenvalue weighted by Crippen LogP contribution is 2.36. The van der Waals surface area contributed by atoms with E-state index in [-0.39, 0.29) is 18.4 Å². The number of aryl methyl sites for hydroxylation is 1. The summed E-state index contributed by atoms with van der Waals surface area (Å²) in [6.45, 7) is 0.201. The van der Waals surface area contributed by atoms with Crippen molar-refractivity contribution in [2.75, 3.05) is 6.79 Å². The van der Waals surface area contributed by atoms with Crippen molar-refractivity contribution >= 4 is 11.0 Å². The van der Waals surface area contributed by atoms with Gasteiger partial charge in [0.1, 0.15) is 20.3 Å². The molecule has 0 amide bonds. The van der Waals surface area contributed by atoms with Crippen molar-refractivity contribution in [3.05, 3.63) is 40.8 Å². The van der Waals surface area contributed by atoms with Crippen LogP contribution in [0, 0.1) is 0 Å². The Morgan fingerprint density at radius 3 is 2.87 bits per heavy atom. The molecule has 23 heavy (non-hydrogen) atoms. The Bertz CT molecular complexity index is 1010. The fourth-order valence-electron chi connectivity index (χ4n) is 2.86. The van der Waals surface area contributed by atoms with E-state index in [1.165, 1.54) is 16.2 Å². The maximum absolute atomic E-state index is 12.6. The molecule has 0 unspecified atom stereocenters. The van der Waals surface area contributed by atoms with Crippen LogP contribution in [0.15, 0.2) is 35.3 Å². The zero-order chi connectivity index (χ0) is 16.1. The van der Waals surface area contributed by atoms with E-state index in [1.807, 2.05) is 24.3 Å². The summed E-state index contributed by atoms with van der Waals surface area (Å²) in [6.07, 6.45) is 1.74. The minimum absolute atomic E-state index is 0.124. The first-order valence-corrected chi connectivity index (χ1v) is 7.10. The molecule has 3 aromatic rings. The molecule has 0 saturated heterocycles. The Kier molecular flexibility index (Phi) is 2.77. The summed E-state index contributed by atoms with van der Waals surface area (Å²) in [4.78, 5) is 15.7. The fraction of sp³-hybridized carbons (Fsp3) is 0.188. The van der Waals surface area contributed by atoms with Crippen LogP contribution in [0.25, 0.3) is 22.2 Å². The number of aromatic amines is 1. The smallest absolute Gasteiger partial charge is 0.454 e. The minimum Gasteiger partial charge on any atom is -0.454 e. The number of pyridine rings is 1. The van der Waals surface area contributed by atoms with Crippen molar-refractivity contribution in [1.82, 2.24) is 4.57 Å². The molecule has 116 valence electrons. The van der Waals surface area contributed by atoms with Gasteiger partial charge in [-0.25, -0.2) is 9.78 Å². The highest BCUT2D eigenvalue weighted by molar-refractivity contribution is 5.89. The molecule has 0 bridgehead atoms. The number of hydrogen-bond acceptors (Lipinski definition) is 4. The zero-order valence-electron chi connectivity index (χ0n) is 12.7. The first kappa shape index (κ1) is 13.6. The molecule has 0 atom stereocenters. The summed E-state index contributed by atoms with van der Waals surface area (Å²) in [6, 6.07) is 7.27. The van der Waals surface area contributed by atoms with Crippen molar-refractivity contribution in [1.29, 1.82) is 0 Å². The number of benzene rings is 1. The van der Waals surface area contributed by atoms with Gasteiger partial charge in [-0.15, -0.1) is 9.13 Å². The third-order valence-electron chi connectivity index (χ3n) is 4.11. The highest BCUT2D eigenvalue weighted by atomic mass is 16.7. The second-order valence-electron chi connectivity index (χ2n) is 5.41. The number of aromatic nitrogens is 3. The van der Waals surface area contributed by atoms with Gasteiger partial charge in [-0.2, -0.15) is 0 Å². The molecule has 1 aliphatic heterocycles. The van der Waals surface area contributed by atoms with Crippen molar-refractivity contribution in [2.24, 2.45) is 14.1 Å². The van der Waals surface area contributed by atoms with Gasteiger partial charge in [0.05, 0.1) is 0 Å². The minimum atomic E-state index is -0.278. The van der Waals surface area contributed by atoms with Crippen LogP contribution in [0.4, 0.5) is 0 Å². The average Bonchev–Trinajstić information content (AvgIpc) is 3.05. The summed E-state index contributed by atoms with van der Waals surface area (Å²) in [7, 11) is 3.23. The molecular formula is C16H15N3O4+2. The molecule has 1 aliphatic rings. The van der Waals surface area contributed by atoms with Crippen LogP contribution in [0.2, 0.25) is 0 Å². The second kappa shape index (κ2) is 4.70. The largest absolute Gasteiger partial charge is 0.519 e. The first-order valence-electron chi connectivity index (χ1n) is 7.10. The second-order valence-corrected chi connectivity index (χ2v) is 5.41. The molecule has 3 heterocycles. The van der Waals surface area contributed by atoms with Crippen molar-refractivity contribution < 1.29 is 24.1 Å². The van der Waals surface area contributed by atoms with Crippen LogP contribution < -0.4 is 24.6 Å². The maximum atomic E-state index is 12.6. The van der Waals surface area contributed by atoms with E-state index in [9.17, 15) is 9.90 Å². The van der Waals surface area contributed by atoms with Gasteiger partial charge in [-0.1, -0.05) is 6.07 Å². The Morgan fingerprint density at radius 1 is 1.26 bits per heavy atom. The van der Waals surface area contributed by atoms with E-state index < -0.39 is 0 Å². The lowest BCUT2D eigenvalue weighted by atomic mass is 10.0. The molecule has 0 radical (unpaired) electrons. The SMILES string of the molecule is Cn1c(O)[n+](C)c2[nH+]ccc(-c3ccc4c(c3)OCO4)c2c1=O. The first-order chi connectivity index (χ1) is 11.1. The van der Waals surface area contributed by atoms with E-state index in [4.69, 9.17) is 9.47 Å². The van der Waals surface area contributed by atoms with Gasteiger partial charge in [0.15, 0.2) is 16.9 Å². The van der Waals surface area contributed by atoms with Gasteiger partial charge in [0.2, 0.25) is 6.79 Å². The van der Waals surface area contributed by atoms with E-state index in [1.54, 1.807) is 13.2 Å². The number of hydrogen-bond donors (Lipinski definition) is 1. The van der Waals surface area contributed by atoms with Crippen molar-refractivity contribution in [3.8, 4) is 28.6 Å². The predicted molar refractivity (Wildman–Crippen MR) is 80.1 cm³/mol. The van der Waals surface area contributed by atoms with Gasteiger partial charge in [-0.3, -0.25) is 0 Å². The van der Waals surface area contributed by atoms with Gasteiger partial charge in [-0.05, 0) is 23.8 Å². The molecule has 4 rings (SSSR count). The Morgan fingerprint density at radius 2 is 2.04 bits per heavy atom. The Hall–Kier alpha value is -3.09. The van der Waals surface area contributed by atoms with Gasteiger partial charge in [0.25, 0.3) is 0 Å². The lowest BCUT2D eigenvalue weighted by Crippen LogP contribution is -2.41. The van der Waals surface area contributed by atoms with Crippen molar-refractivity contribution in [2.45, 2.75) is 0 Å². The summed E-state index contributed by atoms with van der Waals surface area (Å²) in [5.74, 6) is 1.35. The number of fused-ring (bicyclic) bond motifs is 2. The standard InChI is InChI=1S/C16H13N3O4/c1-18-14-13(15(20)19(2)16(18)21)10(5-6-17-14)9-3-4-11-12(7-9)23-8-22-11/h3-7H,8H2,1-2H3/p+2. The number of ether oxygens (including phenoxy) is 2. The monoisotopic (exact) mass is 313 g/mol. The van der Waals surface area contributed by atoms with E-state index in [0.717, 1.165) is 11.1 Å². The summed E-state index contributed by atoms with van der Waals surface area (Å²) in [5, 5.41) is 10.5. The van der Waals surface area contributed by atoms with Crippen LogP contribution in [0.3, 0.4) is 0 Å². The molecule has 2 aromatic heterocycles. The number of rotatable bonds is 1. The number of nitrogens with zero attached hydrogens (tertiary/aromatic N) is 2. The molecule has 0 fully saturated rings. The fourth-order valence-corrected chi connectivity index (χ4v) is 2.86. The molecule has 7 heteroatoms. The van der Waals surface area contributed by atoms with Gasteiger partial charge >= 0.3 is 17.2 Å². The van der Waals surface area contributed by atoms with E-state index >= 15 is 0 Å². The predicted octanol–water partition coefficient (Wildman–Crippen LogP) is 0.278. The Labute approximate surface area is 131 Å². The summed E-state index contributed by atoms with van der Waals surface area (Å²) < 4.78 is 13.5. The van der Waals surface area contributed by atoms with Crippen LogP contribution in [0.1, 0.15) is 0 Å². The molecule has 2 N–H and O–H groups in total. The molecule has 0 spiro atoms. The molecular weight excluding hydrogens is 298 g/mol. The molecule has 0 aliphatic carbocycles. The van der Waals surface area contributed by atoms with Crippen LogP contribution in [0.5, 0.6) is 17.5 Å². The topological polar surface area (TPSA) is 78.7 Å². The van der Waals surface area contributed by atoms with Gasteiger partial charge in [0, 0.05) is 5.56 Å². The zero-order valence-corrected chi connectivity index (χ0v) is 12.7. The lowest BCUT2D eigenvalue weighted by molar-refractivity contribution is -0.692. The average molecular weight is 313 g/mol. The van der Waals surface area contributed by atoms with Crippen LogP contribution >= 0.6 is 0 Å². The number of nitrogens with one attached hydrogen (secondary N) is 1. The lowest BCUT2D eigenvalue weighted by Gasteiger charge is -2.05. The van der Waals surface area contributed by atoms with Crippen LogP contribution in [-0.2, 0) is 14.1 Å². The maximum Gasteiger partial charge on any atom is 0.519 e.